The summed E-state index contributed by atoms with van der Waals surface area (Å²) in [5.74, 6) is 1.27. The minimum absolute atomic E-state index is 0.0163. The SMILES string of the molecule is Nc1nc(N[C@H](CO)Cc2ccccc2)cc(C2CC(N)C2)n1. The number of nitrogens with two attached hydrogens (primary N) is 2. The van der Waals surface area contributed by atoms with Crippen LogP contribution in [0.1, 0.15) is 30.0 Å². The summed E-state index contributed by atoms with van der Waals surface area (Å²) in [6.07, 6.45) is 2.58. The van der Waals surface area contributed by atoms with E-state index in [0.717, 1.165) is 24.1 Å². The van der Waals surface area contributed by atoms with Crippen LogP contribution in [-0.4, -0.2) is 33.8 Å². The molecular weight excluding hydrogens is 290 g/mol. The van der Waals surface area contributed by atoms with Gasteiger partial charge in [0.05, 0.1) is 18.3 Å². The molecule has 1 saturated carbocycles. The van der Waals surface area contributed by atoms with E-state index in [4.69, 9.17) is 11.5 Å². The molecule has 0 unspecified atom stereocenters. The molecule has 6 N–H and O–H groups in total. The summed E-state index contributed by atoms with van der Waals surface area (Å²) in [5.41, 5.74) is 13.8. The van der Waals surface area contributed by atoms with Gasteiger partial charge in [-0.05, 0) is 24.8 Å². The van der Waals surface area contributed by atoms with Crippen molar-refractivity contribution < 1.29 is 5.11 Å². The molecule has 1 aliphatic carbocycles. The Balaban J connectivity index is 1.70. The molecular formula is C17H23N5O. The van der Waals surface area contributed by atoms with E-state index in [-0.39, 0.29) is 24.6 Å². The van der Waals surface area contributed by atoms with E-state index < -0.39 is 0 Å². The Morgan fingerprint density at radius 3 is 2.61 bits per heavy atom. The lowest BCUT2D eigenvalue weighted by molar-refractivity contribution is 0.273. The molecule has 1 aromatic carbocycles. The van der Waals surface area contributed by atoms with Gasteiger partial charge < -0.3 is 21.9 Å². The summed E-state index contributed by atoms with van der Waals surface area (Å²) >= 11 is 0. The molecule has 1 atom stereocenters. The van der Waals surface area contributed by atoms with Crippen LogP contribution in [0.4, 0.5) is 11.8 Å². The Kier molecular flexibility index (Phi) is 4.73. The molecule has 2 aromatic rings. The molecule has 0 saturated heterocycles. The third-order valence-electron chi connectivity index (χ3n) is 4.25. The summed E-state index contributed by atoms with van der Waals surface area (Å²) in [5, 5.41) is 12.9. The number of anilines is 2. The summed E-state index contributed by atoms with van der Waals surface area (Å²) < 4.78 is 0. The van der Waals surface area contributed by atoms with Gasteiger partial charge >= 0.3 is 0 Å². The van der Waals surface area contributed by atoms with Gasteiger partial charge in [0.1, 0.15) is 5.82 Å². The van der Waals surface area contributed by atoms with Crippen LogP contribution in [0.2, 0.25) is 0 Å². The molecule has 3 rings (SSSR count). The average Bonchev–Trinajstić information content (AvgIpc) is 2.51. The molecule has 0 amide bonds. The lowest BCUT2D eigenvalue weighted by Gasteiger charge is -2.32. The second-order valence-corrected chi connectivity index (χ2v) is 6.18. The van der Waals surface area contributed by atoms with Crippen LogP contribution in [0.5, 0.6) is 0 Å². The molecule has 0 bridgehead atoms. The highest BCUT2D eigenvalue weighted by molar-refractivity contribution is 5.43. The quantitative estimate of drug-likeness (QED) is 0.639. The molecule has 23 heavy (non-hydrogen) atoms. The highest BCUT2D eigenvalue weighted by Crippen LogP contribution is 2.35. The first-order valence-electron chi connectivity index (χ1n) is 7.95. The molecule has 122 valence electrons. The first-order chi connectivity index (χ1) is 11.1. The van der Waals surface area contributed by atoms with Crippen LogP contribution in [0.15, 0.2) is 36.4 Å². The lowest BCUT2D eigenvalue weighted by Crippen LogP contribution is -2.35. The molecule has 1 heterocycles. The zero-order valence-electron chi connectivity index (χ0n) is 13.0. The van der Waals surface area contributed by atoms with Crippen molar-refractivity contribution in [3.8, 4) is 0 Å². The van der Waals surface area contributed by atoms with Gasteiger partial charge in [0.2, 0.25) is 5.95 Å². The second kappa shape index (κ2) is 6.93. The third-order valence-corrected chi connectivity index (χ3v) is 4.25. The van der Waals surface area contributed by atoms with Crippen LogP contribution < -0.4 is 16.8 Å². The standard InChI is InChI=1S/C17H23N5O/c18-13-7-12(8-13)15-9-16(22-17(19)21-15)20-14(10-23)6-11-4-2-1-3-5-11/h1-5,9,12-14,23H,6-8,10,18H2,(H3,19,20,21,22)/t12?,13?,14-/m0/s1. The number of aliphatic hydroxyl groups is 1. The molecule has 0 spiro atoms. The Hall–Kier alpha value is -2.18. The number of rotatable bonds is 6. The van der Waals surface area contributed by atoms with Gasteiger partial charge in [-0.15, -0.1) is 0 Å². The Morgan fingerprint density at radius 2 is 1.96 bits per heavy atom. The number of nitrogens with zero attached hydrogens (tertiary/aromatic N) is 2. The van der Waals surface area contributed by atoms with Crippen molar-refractivity contribution in [3.05, 3.63) is 47.7 Å². The van der Waals surface area contributed by atoms with E-state index >= 15 is 0 Å². The van der Waals surface area contributed by atoms with Crippen molar-refractivity contribution in [2.75, 3.05) is 17.7 Å². The van der Waals surface area contributed by atoms with E-state index in [1.165, 1.54) is 0 Å². The predicted molar refractivity (Wildman–Crippen MR) is 91.0 cm³/mol. The van der Waals surface area contributed by atoms with Gasteiger partial charge in [0.15, 0.2) is 0 Å². The van der Waals surface area contributed by atoms with Crippen molar-refractivity contribution >= 4 is 11.8 Å². The zero-order valence-corrected chi connectivity index (χ0v) is 13.0. The average molecular weight is 313 g/mol. The van der Waals surface area contributed by atoms with Gasteiger partial charge in [-0.1, -0.05) is 30.3 Å². The maximum absolute atomic E-state index is 9.63. The van der Waals surface area contributed by atoms with Crippen molar-refractivity contribution in [3.63, 3.8) is 0 Å². The second-order valence-electron chi connectivity index (χ2n) is 6.18. The predicted octanol–water partition coefficient (Wildman–Crippen LogP) is 1.28. The molecule has 1 fully saturated rings. The van der Waals surface area contributed by atoms with E-state index in [2.05, 4.69) is 15.3 Å². The van der Waals surface area contributed by atoms with Crippen LogP contribution in [-0.2, 0) is 6.42 Å². The number of aliphatic hydroxyl groups excluding tert-OH is 1. The molecule has 1 aliphatic rings. The Morgan fingerprint density at radius 1 is 1.22 bits per heavy atom. The van der Waals surface area contributed by atoms with E-state index in [1.807, 2.05) is 36.4 Å². The van der Waals surface area contributed by atoms with Gasteiger partial charge in [-0.2, -0.15) is 4.98 Å². The molecule has 6 nitrogen and oxygen atoms in total. The van der Waals surface area contributed by atoms with Gasteiger partial charge in [0, 0.05) is 18.0 Å². The smallest absolute Gasteiger partial charge is 0.222 e. The fraction of sp³-hybridized carbons (Fsp3) is 0.412. The Bertz CT molecular complexity index is 643. The number of nitrogens with one attached hydrogen (secondary N) is 1. The fourth-order valence-corrected chi connectivity index (χ4v) is 2.94. The zero-order chi connectivity index (χ0) is 16.2. The number of aromatic nitrogens is 2. The highest BCUT2D eigenvalue weighted by atomic mass is 16.3. The highest BCUT2D eigenvalue weighted by Gasteiger charge is 2.29. The minimum atomic E-state index is -0.122. The number of hydrogen-bond donors (Lipinski definition) is 4. The van der Waals surface area contributed by atoms with Crippen LogP contribution in [0.25, 0.3) is 0 Å². The normalized spacial score (nSPS) is 21.5. The van der Waals surface area contributed by atoms with Crippen molar-refractivity contribution in [1.82, 2.24) is 9.97 Å². The van der Waals surface area contributed by atoms with Crippen LogP contribution in [0, 0.1) is 0 Å². The maximum atomic E-state index is 9.63. The molecule has 0 radical (unpaired) electrons. The molecule has 0 aliphatic heterocycles. The summed E-state index contributed by atoms with van der Waals surface area (Å²) in [6, 6.07) is 12.1. The largest absolute Gasteiger partial charge is 0.394 e. The first kappa shape index (κ1) is 15.7. The van der Waals surface area contributed by atoms with E-state index in [0.29, 0.717) is 18.2 Å². The summed E-state index contributed by atoms with van der Waals surface area (Å²) in [6.45, 7) is 0.0163. The maximum Gasteiger partial charge on any atom is 0.222 e. The fourth-order valence-electron chi connectivity index (χ4n) is 2.94. The van der Waals surface area contributed by atoms with Crippen molar-refractivity contribution in [2.24, 2.45) is 5.73 Å². The molecule has 6 heteroatoms. The third kappa shape index (κ3) is 3.97. The first-order valence-corrected chi connectivity index (χ1v) is 7.95. The van der Waals surface area contributed by atoms with Crippen molar-refractivity contribution in [2.45, 2.75) is 37.3 Å². The minimum Gasteiger partial charge on any atom is -0.394 e. The van der Waals surface area contributed by atoms with Gasteiger partial charge in [0.25, 0.3) is 0 Å². The van der Waals surface area contributed by atoms with Gasteiger partial charge in [-0.3, -0.25) is 0 Å². The number of nitrogen functional groups attached to an aromatic ring is 1. The summed E-state index contributed by atoms with van der Waals surface area (Å²) in [7, 11) is 0. The van der Waals surface area contributed by atoms with Crippen molar-refractivity contribution in [1.29, 1.82) is 0 Å². The molecule has 1 aromatic heterocycles. The van der Waals surface area contributed by atoms with Gasteiger partial charge in [-0.25, -0.2) is 4.98 Å². The Labute approximate surface area is 136 Å². The number of hydrogen-bond acceptors (Lipinski definition) is 6. The number of benzene rings is 1. The topological polar surface area (TPSA) is 110 Å². The van der Waals surface area contributed by atoms with E-state index in [9.17, 15) is 5.11 Å². The van der Waals surface area contributed by atoms with Crippen LogP contribution >= 0.6 is 0 Å². The summed E-state index contributed by atoms with van der Waals surface area (Å²) in [4.78, 5) is 8.55. The van der Waals surface area contributed by atoms with Crippen LogP contribution in [0.3, 0.4) is 0 Å². The van der Waals surface area contributed by atoms with E-state index in [1.54, 1.807) is 0 Å². The lowest BCUT2D eigenvalue weighted by atomic mass is 9.78. The monoisotopic (exact) mass is 313 g/mol.